The van der Waals surface area contributed by atoms with Crippen LogP contribution in [0.15, 0.2) is 18.2 Å². The summed E-state index contributed by atoms with van der Waals surface area (Å²) in [4.78, 5) is 0. The average Bonchev–Trinajstić information content (AvgIpc) is 2.53. The first kappa shape index (κ1) is 11.4. The third kappa shape index (κ3) is 2.37. The molecule has 1 N–H and O–H groups in total. The van der Waals surface area contributed by atoms with Gasteiger partial charge in [0, 0.05) is 17.3 Å². The van der Waals surface area contributed by atoms with Gasteiger partial charge in [-0.15, -0.1) is 0 Å². The molecule has 1 unspecified atom stereocenters. The summed E-state index contributed by atoms with van der Waals surface area (Å²) in [7, 11) is 0. The van der Waals surface area contributed by atoms with Gasteiger partial charge in [-0.2, -0.15) is 0 Å². The number of hydrogen-bond donors (Lipinski definition) is 1. The lowest BCUT2D eigenvalue weighted by atomic mass is 9.92. The molecule has 1 atom stereocenters. The van der Waals surface area contributed by atoms with Crippen molar-refractivity contribution in [2.75, 3.05) is 5.32 Å². The zero-order valence-electron chi connectivity index (χ0n) is 10.3. The molecule has 2 heteroatoms. The van der Waals surface area contributed by atoms with Crippen LogP contribution in [-0.2, 0) is 0 Å². The van der Waals surface area contributed by atoms with Crippen molar-refractivity contribution in [3.63, 3.8) is 0 Å². The smallest absolute Gasteiger partial charge is 0.128 e. The highest BCUT2D eigenvalue weighted by molar-refractivity contribution is 5.51. The summed E-state index contributed by atoms with van der Waals surface area (Å²) in [5, 5.41) is 3.47. The molecule has 0 saturated heterocycles. The van der Waals surface area contributed by atoms with Crippen LogP contribution in [0.5, 0.6) is 0 Å². The van der Waals surface area contributed by atoms with Gasteiger partial charge in [-0.1, -0.05) is 19.9 Å². The highest BCUT2D eigenvalue weighted by Crippen LogP contribution is 2.38. The first-order valence-electron chi connectivity index (χ1n) is 6.00. The van der Waals surface area contributed by atoms with Crippen molar-refractivity contribution in [2.45, 2.75) is 46.1 Å². The third-order valence-electron chi connectivity index (χ3n) is 3.60. The van der Waals surface area contributed by atoms with E-state index in [-0.39, 0.29) is 5.82 Å². The number of nitrogens with one attached hydrogen (secondary N) is 1. The van der Waals surface area contributed by atoms with E-state index in [4.69, 9.17) is 0 Å². The van der Waals surface area contributed by atoms with Gasteiger partial charge in [-0.25, -0.2) is 4.39 Å². The largest absolute Gasteiger partial charge is 0.382 e. The Morgan fingerprint density at radius 3 is 2.75 bits per heavy atom. The first-order valence-corrected chi connectivity index (χ1v) is 6.00. The van der Waals surface area contributed by atoms with E-state index in [1.54, 1.807) is 6.07 Å². The van der Waals surface area contributed by atoms with Crippen LogP contribution in [0.2, 0.25) is 0 Å². The third-order valence-corrected chi connectivity index (χ3v) is 3.60. The molecule has 0 spiro atoms. The van der Waals surface area contributed by atoms with Crippen LogP contribution < -0.4 is 5.32 Å². The maximum absolute atomic E-state index is 13.4. The van der Waals surface area contributed by atoms with Gasteiger partial charge in [0.25, 0.3) is 0 Å². The molecule has 16 heavy (non-hydrogen) atoms. The van der Waals surface area contributed by atoms with Crippen molar-refractivity contribution >= 4 is 5.69 Å². The normalized spacial score (nSPS) is 23.4. The molecule has 1 aromatic carbocycles. The second-order valence-electron chi connectivity index (χ2n) is 5.66. The van der Waals surface area contributed by atoms with Crippen LogP contribution in [0, 0.1) is 18.2 Å². The molecule has 0 aliphatic heterocycles. The van der Waals surface area contributed by atoms with Gasteiger partial charge < -0.3 is 5.32 Å². The lowest BCUT2D eigenvalue weighted by Gasteiger charge is -2.19. The van der Waals surface area contributed by atoms with Gasteiger partial charge >= 0.3 is 0 Å². The molecule has 0 heterocycles. The minimum absolute atomic E-state index is 0.123. The summed E-state index contributed by atoms with van der Waals surface area (Å²) in [5.74, 6) is -0.123. The van der Waals surface area contributed by atoms with Gasteiger partial charge in [0.15, 0.2) is 0 Å². The molecule has 0 amide bonds. The Hall–Kier alpha value is -1.05. The number of benzene rings is 1. The van der Waals surface area contributed by atoms with Crippen molar-refractivity contribution in [1.29, 1.82) is 0 Å². The Morgan fingerprint density at radius 1 is 1.38 bits per heavy atom. The number of rotatable bonds is 2. The molecule has 1 aliphatic rings. The van der Waals surface area contributed by atoms with Crippen LogP contribution in [0.4, 0.5) is 10.1 Å². The van der Waals surface area contributed by atoms with Crippen LogP contribution >= 0.6 is 0 Å². The number of anilines is 1. The number of halogens is 1. The molecule has 1 aliphatic carbocycles. The van der Waals surface area contributed by atoms with Gasteiger partial charge in [-0.05, 0) is 43.7 Å². The fourth-order valence-electron chi connectivity index (χ4n) is 2.54. The van der Waals surface area contributed by atoms with E-state index in [1.165, 1.54) is 25.3 Å². The Morgan fingerprint density at radius 2 is 2.12 bits per heavy atom. The van der Waals surface area contributed by atoms with Crippen molar-refractivity contribution in [2.24, 2.45) is 5.41 Å². The summed E-state index contributed by atoms with van der Waals surface area (Å²) in [6.07, 6.45) is 3.60. The molecule has 0 bridgehead atoms. The van der Waals surface area contributed by atoms with Crippen LogP contribution in [0.25, 0.3) is 0 Å². The Labute approximate surface area is 97.1 Å². The zero-order valence-corrected chi connectivity index (χ0v) is 10.3. The molecule has 1 saturated carbocycles. The quantitative estimate of drug-likeness (QED) is 0.792. The van der Waals surface area contributed by atoms with Crippen molar-refractivity contribution in [3.05, 3.63) is 29.6 Å². The topological polar surface area (TPSA) is 12.0 Å². The maximum atomic E-state index is 13.4. The molecular weight excluding hydrogens is 201 g/mol. The lowest BCUT2D eigenvalue weighted by molar-refractivity contribution is 0.378. The molecule has 0 radical (unpaired) electrons. The van der Waals surface area contributed by atoms with Crippen LogP contribution in [-0.4, -0.2) is 6.04 Å². The predicted octanol–water partition coefficient (Wildman–Crippen LogP) is 4.12. The second-order valence-corrected chi connectivity index (χ2v) is 5.66. The van der Waals surface area contributed by atoms with E-state index in [1.807, 2.05) is 13.0 Å². The van der Waals surface area contributed by atoms with Gasteiger partial charge in [0.05, 0.1) is 0 Å². The van der Waals surface area contributed by atoms with E-state index in [9.17, 15) is 4.39 Å². The lowest BCUT2D eigenvalue weighted by Crippen LogP contribution is -2.18. The van der Waals surface area contributed by atoms with E-state index in [2.05, 4.69) is 19.2 Å². The second kappa shape index (κ2) is 4.08. The molecule has 88 valence electrons. The zero-order chi connectivity index (χ0) is 11.8. The van der Waals surface area contributed by atoms with Gasteiger partial charge in [0.1, 0.15) is 5.82 Å². The summed E-state index contributed by atoms with van der Waals surface area (Å²) >= 11 is 0. The van der Waals surface area contributed by atoms with E-state index < -0.39 is 0 Å². The molecule has 2 rings (SSSR count). The molecule has 1 fully saturated rings. The summed E-state index contributed by atoms with van der Waals surface area (Å²) < 4.78 is 13.4. The van der Waals surface area contributed by atoms with Crippen LogP contribution in [0.1, 0.15) is 38.7 Å². The Kier molecular flexibility index (Phi) is 2.92. The Bertz CT molecular complexity index is 384. The molecule has 1 aromatic rings. The fourth-order valence-corrected chi connectivity index (χ4v) is 2.54. The summed E-state index contributed by atoms with van der Waals surface area (Å²) in [6.45, 7) is 6.43. The van der Waals surface area contributed by atoms with Crippen LogP contribution in [0.3, 0.4) is 0 Å². The SMILES string of the molecule is Cc1c(F)cccc1NC1CCC(C)(C)C1. The summed E-state index contributed by atoms with van der Waals surface area (Å²) in [6, 6.07) is 5.74. The minimum Gasteiger partial charge on any atom is -0.382 e. The van der Waals surface area contributed by atoms with Gasteiger partial charge in [-0.3, -0.25) is 0 Å². The van der Waals surface area contributed by atoms with E-state index in [0.29, 0.717) is 11.5 Å². The standard InChI is InChI=1S/C14H20FN/c1-10-12(15)5-4-6-13(10)16-11-7-8-14(2,3)9-11/h4-6,11,16H,7-9H2,1-3H3. The summed E-state index contributed by atoms with van der Waals surface area (Å²) in [5.41, 5.74) is 2.11. The monoisotopic (exact) mass is 221 g/mol. The molecule has 1 nitrogen and oxygen atoms in total. The van der Waals surface area contributed by atoms with Crippen molar-refractivity contribution < 1.29 is 4.39 Å². The number of hydrogen-bond acceptors (Lipinski definition) is 1. The Balaban J connectivity index is 2.08. The van der Waals surface area contributed by atoms with Gasteiger partial charge in [0.2, 0.25) is 0 Å². The van der Waals surface area contributed by atoms with E-state index >= 15 is 0 Å². The van der Waals surface area contributed by atoms with E-state index in [0.717, 1.165) is 11.3 Å². The highest BCUT2D eigenvalue weighted by atomic mass is 19.1. The molecular formula is C14H20FN. The van der Waals surface area contributed by atoms with Crippen molar-refractivity contribution in [3.8, 4) is 0 Å². The first-order chi connectivity index (χ1) is 7.48. The minimum atomic E-state index is -0.123. The molecule has 0 aromatic heterocycles. The maximum Gasteiger partial charge on any atom is 0.128 e. The predicted molar refractivity (Wildman–Crippen MR) is 66.2 cm³/mol. The average molecular weight is 221 g/mol. The van der Waals surface area contributed by atoms with Crippen molar-refractivity contribution in [1.82, 2.24) is 0 Å². The fraction of sp³-hybridized carbons (Fsp3) is 0.571. The highest BCUT2D eigenvalue weighted by Gasteiger charge is 2.30.